The zero-order chi connectivity index (χ0) is 11.0. The van der Waals surface area contributed by atoms with E-state index >= 15 is 0 Å². The summed E-state index contributed by atoms with van der Waals surface area (Å²) in [6.07, 6.45) is 4.89. The zero-order valence-corrected chi connectivity index (χ0v) is 9.88. The van der Waals surface area contributed by atoms with E-state index in [0.29, 0.717) is 5.92 Å². The number of unbranched alkanes of at least 4 members (excludes halogenated alkanes) is 1. The average Bonchev–Trinajstić information content (AvgIpc) is 2.18. The minimum absolute atomic E-state index is 0.0394. The standard InChI is InChI=1S/C12H24NO/c1-5-8-9-12(6-2)10-13(7-3)11(4)14/h12H,4-10H2,1-3H3. The van der Waals surface area contributed by atoms with Crippen molar-refractivity contribution >= 4 is 5.91 Å². The second-order valence-electron chi connectivity index (χ2n) is 3.85. The number of hydrogen-bond acceptors (Lipinski definition) is 1. The van der Waals surface area contributed by atoms with Crippen LogP contribution in [0.5, 0.6) is 0 Å². The lowest BCUT2D eigenvalue weighted by molar-refractivity contribution is -0.126. The molecule has 0 spiro atoms. The molecule has 2 heteroatoms. The van der Waals surface area contributed by atoms with Crippen LogP contribution in [-0.2, 0) is 4.79 Å². The van der Waals surface area contributed by atoms with Gasteiger partial charge in [0.15, 0.2) is 0 Å². The van der Waals surface area contributed by atoms with E-state index in [0.717, 1.165) is 19.5 Å². The highest BCUT2D eigenvalue weighted by atomic mass is 16.2. The molecule has 0 aliphatic rings. The molecule has 0 bridgehead atoms. The van der Waals surface area contributed by atoms with Gasteiger partial charge in [-0.25, -0.2) is 0 Å². The summed E-state index contributed by atoms with van der Waals surface area (Å²) in [5.41, 5.74) is 0. The Morgan fingerprint density at radius 2 is 2.00 bits per heavy atom. The van der Waals surface area contributed by atoms with E-state index in [1.165, 1.54) is 19.3 Å². The van der Waals surface area contributed by atoms with Crippen molar-refractivity contribution in [3.05, 3.63) is 6.92 Å². The van der Waals surface area contributed by atoms with E-state index < -0.39 is 0 Å². The van der Waals surface area contributed by atoms with Crippen molar-refractivity contribution in [2.75, 3.05) is 13.1 Å². The first-order chi connectivity index (χ1) is 6.65. The van der Waals surface area contributed by atoms with E-state index in [1.54, 1.807) is 0 Å². The molecule has 0 aromatic carbocycles. The van der Waals surface area contributed by atoms with Crippen LogP contribution in [0.4, 0.5) is 0 Å². The van der Waals surface area contributed by atoms with E-state index in [-0.39, 0.29) is 5.91 Å². The van der Waals surface area contributed by atoms with Crippen LogP contribution >= 0.6 is 0 Å². The molecule has 0 fully saturated rings. The lowest BCUT2D eigenvalue weighted by Gasteiger charge is -2.24. The first-order valence-corrected chi connectivity index (χ1v) is 5.76. The number of rotatable bonds is 7. The van der Waals surface area contributed by atoms with Crippen LogP contribution in [0.1, 0.15) is 46.5 Å². The van der Waals surface area contributed by atoms with Crippen molar-refractivity contribution < 1.29 is 4.79 Å². The van der Waals surface area contributed by atoms with Gasteiger partial charge in [0, 0.05) is 20.0 Å². The summed E-state index contributed by atoms with van der Waals surface area (Å²) in [6.45, 7) is 11.5. The number of nitrogens with zero attached hydrogens (tertiary/aromatic N) is 1. The number of carbonyl (C=O) groups is 1. The van der Waals surface area contributed by atoms with Gasteiger partial charge in [0.25, 0.3) is 0 Å². The minimum Gasteiger partial charge on any atom is -0.343 e. The van der Waals surface area contributed by atoms with Gasteiger partial charge in [-0.2, -0.15) is 0 Å². The third kappa shape index (κ3) is 5.25. The highest BCUT2D eigenvalue weighted by Gasteiger charge is 2.12. The zero-order valence-electron chi connectivity index (χ0n) is 9.88. The van der Waals surface area contributed by atoms with E-state index in [2.05, 4.69) is 20.8 Å². The summed E-state index contributed by atoms with van der Waals surface area (Å²) in [6, 6.07) is 0. The van der Waals surface area contributed by atoms with Gasteiger partial charge in [-0.05, 0) is 19.3 Å². The van der Waals surface area contributed by atoms with Gasteiger partial charge in [-0.1, -0.05) is 33.1 Å². The van der Waals surface area contributed by atoms with E-state index in [4.69, 9.17) is 0 Å². The van der Waals surface area contributed by atoms with Crippen molar-refractivity contribution in [3.8, 4) is 0 Å². The molecule has 1 atom stereocenters. The molecule has 0 aliphatic carbocycles. The Hall–Kier alpha value is -0.530. The summed E-state index contributed by atoms with van der Waals surface area (Å²) in [5.74, 6) is 0.614. The molecule has 14 heavy (non-hydrogen) atoms. The molecule has 1 amide bonds. The summed E-state index contributed by atoms with van der Waals surface area (Å²) in [4.78, 5) is 13.0. The number of amides is 1. The summed E-state index contributed by atoms with van der Waals surface area (Å²) in [7, 11) is 0. The lowest BCUT2D eigenvalue weighted by atomic mass is 9.99. The van der Waals surface area contributed by atoms with Crippen molar-refractivity contribution in [2.45, 2.75) is 46.5 Å². The molecule has 0 saturated carbocycles. The van der Waals surface area contributed by atoms with E-state index in [1.807, 2.05) is 11.8 Å². The molecule has 2 nitrogen and oxygen atoms in total. The molecule has 0 aromatic heterocycles. The van der Waals surface area contributed by atoms with Gasteiger partial charge in [-0.15, -0.1) is 0 Å². The smallest absolute Gasteiger partial charge is 0.223 e. The van der Waals surface area contributed by atoms with Crippen molar-refractivity contribution in [3.63, 3.8) is 0 Å². The van der Waals surface area contributed by atoms with Gasteiger partial charge in [0.05, 0.1) is 0 Å². The van der Waals surface area contributed by atoms with Gasteiger partial charge >= 0.3 is 0 Å². The molecular formula is C12H24NO. The highest BCUT2D eigenvalue weighted by Crippen LogP contribution is 2.14. The predicted octanol–water partition coefficient (Wildman–Crippen LogP) is 2.89. The van der Waals surface area contributed by atoms with Crippen molar-refractivity contribution in [2.24, 2.45) is 5.92 Å². The second-order valence-corrected chi connectivity index (χ2v) is 3.85. The molecule has 0 rings (SSSR count). The van der Waals surface area contributed by atoms with Crippen LogP contribution in [-0.4, -0.2) is 23.9 Å². The Bertz CT molecular complexity index is 156. The van der Waals surface area contributed by atoms with Crippen LogP contribution in [0.25, 0.3) is 0 Å². The maximum absolute atomic E-state index is 11.1. The molecule has 1 unspecified atom stereocenters. The molecule has 0 heterocycles. The van der Waals surface area contributed by atoms with Crippen LogP contribution in [0, 0.1) is 12.8 Å². The Balaban J connectivity index is 3.94. The summed E-state index contributed by atoms with van der Waals surface area (Å²) >= 11 is 0. The summed E-state index contributed by atoms with van der Waals surface area (Å²) < 4.78 is 0. The topological polar surface area (TPSA) is 20.3 Å². The quantitative estimate of drug-likeness (QED) is 0.616. The average molecular weight is 198 g/mol. The monoisotopic (exact) mass is 198 g/mol. The van der Waals surface area contributed by atoms with Crippen LogP contribution in [0.15, 0.2) is 0 Å². The SMILES string of the molecule is [CH2]C(=O)N(CC)CC(CC)CCCC. The number of carbonyl (C=O) groups excluding carboxylic acids is 1. The Morgan fingerprint density at radius 3 is 2.36 bits per heavy atom. The van der Waals surface area contributed by atoms with Crippen LogP contribution in [0.3, 0.4) is 0 Å². The molecule has 0 N–H and O–H groups in total. The Kier molecular flexibility index (Phi) is 7.54. The normalized spacial score (nSPS) is 12.6. The van der Waals surface area contributed by atoms with Crippen LogP contribution < -0.4 is 0 Å². The molecule has 0 saturated heterocycles. The first-order valence-electron chi connectivity index (χ1n) is 5.76. The maximum atomic E-state index is 11.1. The minimum atomic E-state index is -0.0394. The van der Waals surface area contributed by atoms with Gasteiger partial charge in [0.1, 0.15) is 0 Å². The van der Waals surface area contributed by atoms with Gasteiger partial charge in [-0.3, -0.25) is 4.79 Å². The predicted molar refractivity (Wildman–Crippen MR) is 60.9 cm³/mol. The van der Waals surface area contributed by atoms with E-state index in [9.17, 15) is 4.79 Å². The first kappa shape index (κ1) is 13.5. The molecular weight excluding hydrogens is 174 g/mol. The van der Waals surface area contributed by atoms with Crippen LogP contribution in [0.2, 0.25) is 0 Å². The Morgan fingerprint density at radius 1 is 1.36 bits per heavy atom. The van der Waals surface area contributed by atoms with Crippen molar-refractivity contribution in [1.29, 1.82) is 0 Å². The molecule has 83 valence electrons. The second kappa shape index (κ2) is 7.84. The highest BCUT2D eigenvalue weighted by molar-refractivity contribution is 5.80. The number of hydrogen-bond donors (Lipinski definition) is 0. The third-order valence-corrected chi connectivity index (χ3v) is 2.76. The Labute approximate surface area is 88.7 Å². The molecule has 1 radical (unpaired) electrons. The van der Waals surface area contributed by atoms with Gasteiger partial charge in [0.2, 0.25) is 5.91 Å². The molecule has 0 aliphatic heterocycles. The van der Waals surface area contributed by atoms with Crippen molar-refractivity contribution in [1.82, 2.24) is 4.90 Å². The van der Waals surface area contributed by atoms with Gasteiger partial charge < -0.3 is 4.90 Å². The largest absolute Gasteiger partial charge is 0.343 e. The fraction of sp³-hybridized carbons (Fsp3) is 0.833. The molecule has 0 aromatic rings. The summed E-state index contributed by atoms with van der Waals surface area (Å²) in [5, 5.41) is 0. The maximum Gasteiger partial charge on any atom is 0.223 e. The fourth-order valence-corrected chi connectivity index (χ4v) is 1.64. The fourth-order valence-electron chi connectivity index (χ4n) is 1.64. The third-order valence-electron chi connectivity index (χ3n) is 2.76. The lowest BCUT2D eigenvalue weighted by Crippen LogP contribution is -2.33.